The molecular weight excluding hydrogens is 246 g/mol. The van der Waals surface area contributed by atoms with Gasteiger partial charge < -0.3 is 10.2 Å². The van der Waals surface area contributed by atoms with E-state index in [0.29, 0.717) is 12.6 Å². The second-order valence-electron chi connectivity index (χ2n) is 5.13. The highest BCUT2D eigenvalue weighted by atomic mass is 32.1. The number of nitrogens with one attached hydrogen (secondary N) is 1. The van der Waals surface area contributed by atoms with Crippen molar-refractivity contribution >= 4 is 17.2 Å². The van der Waals surface area contributed by atoms with Crippen molar-refractivity contribution in [3.05, 3.63) is 16.1 Å². The Balaban J connectivity index is 1.94. The van der Waals surface area contributed by atoms with E-state index in [4.69, 9.17) is 0 Å². The first kappa shape index (κ1) is 13.5. The summed E-state index contributed by atoms with van der Waals surface area (Å²) in [5, 5.41) is 3.38. The van der Waals surface area contributed by atoms with Crippen molar-refractivity contribution in [2.24, 2.45) is 5.92 Å². The van der Waals surface area contributed by atoms with Crippen LogP contribution in [0.25, 0.3) is 0 Å². The third kappa shape index (κ3) is 3.09. The molecular formula is C13H21N3OS. The molecule has 0 bridgehead atoms. The zero-order valence-corrected chi connectivity index (χ0v) is 12.1. The lowest BCUT2D eigenvalue weighted by Crippen LogP contribution is -2.42. The van der Waals surface area contributed by atoms with Gasteiger partial charge in [0.25, 0.3) is 0 Å². The fourth-order valence-electron chi connectivity index (χ4n) is 2.44. The van der Waals surface area contributed by atoms with Crippen LogP contribution in [0.5, 0.6) is 0 Å². The maximum absolute atomic E-state index is 12.4. The van der Waals surface area contributed by atoms with Crippen LogP contribution in [0.4, 0.5) is 0 Å². The molecule has 2 rings (SSSR count). The fraction of sp³-hybridized carbons (Fsp3) is 0.692. The Bertz CT molecular complexity index is 418. The molecule has 0 saturated carbocycles. The molecule has 1 amide bonds. The smallest absolute Gasteiger partial charge is 0.225 e. The Morgan fingerprint density at radius 1 is 1.67 bits per heavy atom. The number of aromatic nitrogens is 1. The maximum Gasteiger partial charge on any atom is 0.225 e. The second kappa shape index (κ2) is 5.80. The number of carbonyl (C=O) groups excluding carboxylic acids is 1. The van der Waals surface area contributed by atoms with E-state index >= 15 is 0 Å². The number of carbonyl (C=O) groups is 1. The van der Waals surface area contributed by atoms with Gasteiger partial charge in [0.1, 0.15) is 0 Å². The number of hydrogen-bond donors (Lipinski definition) is 1. The fourth-order valence-corrected chi connectivity index (χ4v) is 3.27. The van der Waals surface area contributed by atoms with Gasteiger partial charge in [-0.15, -0.1) is 11.3 Å². The van der Waals surface area contributed by atoms with Crippen molar-refractivity contribution in [1.82, 2.24) is 15.2 Å². The first-order valence-electron chi connectivity index (χ1n) is 6.45. The van der Waals surface area contributed by atoms with E-state index in [0.717, 1.165) is 25.1 Å². The number of rotatable bonds is 3. The van der Waals surface area contributed by atoms with Crippen molar-refractivity contribution in [1.29, 1.82) is 0 Å². The second-order valence-corrected chi connectivity index (χ2v) is 6.07. The van der Waals surface area contributed by atoms with E-state index in [2.05, 4.69) is 17.2 Å². The van der Waals surface area contributed by atoms with Crippen molar-refractivity contribution in [3.63, 3.8) is 0 Å². The molecule has 1 aromatic heterocycles. The highest BCUT2D eigenvalue weighted by Gasteiger charge is 2.27. The summed E-state index contributed by atoms with van der Waals surface area (Å²) in [5.74, 6) is 0.454. The molecule has 0 aromatic carbocycles. The normalized spacial score (nSPS) is 23.9. The average molecular weight is 267 g/mol. The Morgan fingerprint density at radius 3 is 3.06 bits per heavy atom. The van der Waals surface area contributed by atoms with E-state index in [9.17, 15) is 4.79 Å². The molecule has 1 saturated heterocycles. The van der Waals surface area contributed by atoms with Gasteiger partial charge in [0.15, 0.2) is 0 Å². The summed E-state index contributed by atoms with van der Waals surface area (Å²) in [7, 11) is 1.90. The first-order valence-corrected chi connectivity index (χ1v) is 7.33. The standard InChI is InChI=1S/C13H21N3OS/c1-9-6-11(4-5-14-9)13(17)16(3)7-12-10(2)15-8-18-12/h8-9,11,14H,4-7H2,1-3H3/t9-,11-/m0/s1. The Morgan fingerprint density at radius 2 is 2.44 bits per heavy atom. The lowest BCUT2D eigenvalue weighted by Gasteiger charge is -2.30. The molecule has 100 valence electrons. The Labute approximate surface area is 112 Å². The van der Waals surface area contributed by atoms with E-state index in [1.54, 1.807) is 11.3 Å². The molecule has 18 heavy (non-hydrogen) atoms. The first-order chi connectivity index (χ1) is 8.58. The molecule has 4 nitrogen and oxygen atoms in total. The van der Waals surface area contributed by atoms with E-state index in [-0.39, 0.29) is 11.8 Å². The largest absolute Gasteiger partial charge is 0.340 e. The minimum Gasteiger partial charge on any atom is -0.340 e. The SMILES string of the molecule is Cc1ncsc1CN(C)C(=O)[C@H]1CCN[C@@H](C)C1. The lowest BCUT2D eigenvalue weighted by atomic mass is 9.92. The summed E-state index contributed by atoms with van der Waals surface area (Å²) < 4.78 is 0. The highest BCUT2D eigenvalue weighted by molar-refractivity contribution is 7.09. The van der Waals surface area contributed by atoms with Gasteiger partial charge in [0.05, 0.1) is 17.7 Å². The third-order valence-corrected chi connectivity index (χ3v) is 4.49. The Hall–Kier alpha value is -0.940. The molecule has 0 radical (unpaired) electrons. The number of piperidine rings is 1. The van der Waals surface area contributed by atoms with Crippen molar-refractivity contribution in [3.8, 4) is 0 Å². The molecule has 0 unspecified atom stereocenters. The molecule has 0 spiro atoms. The third-order valence-electron chi connectivity index (χ3n) is 3.57. The number of thiazole rings is 1. The van der Waals surface area contributed by atoms with Crippen molar-refractivity contribution < 1.29 is 4.79 Å². The highest BCUT2D eigenvalue weighted by Crippen LogP contribution is 2.21. The molecule has 1 fully saturated rings. The van der Waals surface area contributed by atoms with E-state index < -0.39 is 0 Å². The minimum atomic E-state index is 0.180. The Kier molecular flexibility index (Phi) is 4.35. The summed E-state index contributed by atoms with van der Waals surface area (Å²) in [6.45, 7) is 5.78. The number of amides is 1. The molecule has 2 atom stereocenters. The quantitative estimate of drug-likeness (QED) is 0.908. The molecule has 1 aliphatic heterocycles. The van der Waals surface area contributed by atoms with Gasteiger partial charge in [0, 0.05) is 23.9 Å². The maximum atomic E-state index is 12.4. The van der Waals surface area contributed by atoms with Crippen molar-refractivity contribution in [2.75, 3.05) is 13.6 Å². The van der Waals surface area contributed by atoms with Gasteiger partial charge in [-0.1, -0.05) is 0 Å². The van der Waals surface area contributed by atoms with Gasteiger partial charge in [0.2, 0.25) is 5.91 Å². The van der Waals surface area contributed by atoms with Crippen LogP contribution in [0.1, 0.15) is 30.3 Å². The minimum absolute atomic E-state index is 0.180. The van der Waals surface area contributed by atoms with Crippen LogP contribution in [-0.2, 0) is 11.3 Å². The molecule has 1 aromatic rings. The number of nitrogens with zero attached hydrogens (tertiary/aromatic N) is 2. The van der Waals surface area contributed by atoms with Gasteiger partial charge in [-0.05, 0) is 33.2 Å². The lowest BCUT2D eigenvalue weighted by molar-refractivity contribution is -0.135. The molecule has 0 aliphatic carbocycles. The van der Waals surface area contributed by atoms with E-state index in [1.807, 2.05) is 24.4 Å². The summed E-state index contributed by atoms with van der Waals surface area (Å²) in [4.78, 5) is 19.6. The molecule has 5 heteroatoms. The van der Waals surface area contributed by atoms with Gasteiger partial charge in [-0.25, -0.2) is 4.98 Å². The van der Waals surface area contributed by atoms with Gasteiger partial charge in [-0.2, -0.15) is 0 Å². The predicted octanol–water partition coefficient (Wildman–Crippen LogP) is 1.80. The van der Waals surface area contributed by atoms with E-state index in [1.165, 1.54) is 4.88 Å². The number of hydrogen-bond acceptors (Lipinski definition) is 4. The van der Waals surface area contributed by atoms with Crippen LogP contribution in [0.15, 0.2) is 5.51 Å². The van der Waals surface area contributed by atoms with Crippen molar-refractivity contribution in [2.45, 2.75) is 39.3 Å². The van der Waals surface area contributed by atoms with Crippen LogP contribution in [0.3, 0.4) is 0 Å². The van der Waals surface area contributed by atoms with Crippen LogP contribution >= 0.6 is 11.3 Å². The van der Waals surface area contributed by atoms with Crippen LogP contribution in [0.2, 0.25) is 0 Å². The topological polar surface area (TPSA) is 45.2 Å². The van der Waals surface area contributed by atoms with Crippen LogP contribution in [0, 0.1) is 12.8 Å². The predicted molar refractivity (Wildman–Crippen MR) is 73.5 cm³/mol. The van der Waals surface area contributed by atoms with Crippen LogP contribution < -0.4 is 5.32 Å². The summed E-state index contributed by atoms with van der Waals surface area (Å²) >= 11 is 1.63. The number of aryl methyl sites for hydroxylation is 1. The zero-order valence-electron chi connectivity index (χ0n) is 11.3. The summed E-state index contributed by atoms with van der Waals surface area (Å²) in [6.07, 6.45) is 1.90. The molecule has 1 N–H and O–H groups in total. The summed E-state index contributed by atoms with van der Waals surface area (Å²) in [6, 6.07) is 0.450. The zero-order chi connectivity index (χ0) is 13.1. The molecule has 1 aliphatic rings. The monoisotopic (exact) mass is 267 g/mol. The molecule has 2 heterocycles. The average Bonchev–Trinajstić information content (AvgIpc) is 2.74. The van der Waals surface area contributed by atoms with Gasteiger partial charge >= 0.3 is 0 Å². The van der Waals surface area contributed by atoms with Gasteiger partial charge in [-0.3, -0.25) is 4.79 Å². The van der Waals surface area contributed by atoms with Crippen LogP contribution in [-0.4, -0.2) is 35.4 Å². The summed E-state index contributed by atoms with van der Waals surface area (Å²) in [5.41, 5.74) is 2.88.